The average molecular weight is 173 g/mol. The first-order valence-electron chi connectivity index (χ1n) is 4.35. The Bertz CT molecular complexity index is 401. The van der Waals surface area contributed by atoms with E-state index in [0.29, 0.717) is 0 Å². The summed E-state index contributed by atoms with van der Waals surface area (Å²) in [6.07, 6.45) is 2.73. The zero-order chi connectivity index (χ0) is 9.26. The van der Waals surface area contributed by atoms with Gasteiger partial charge in [0.05, 0.1) is 5.69 Å². The highest BCUT2D eigenvalue weighted by Gasteiger charge is 2.08. The van der Waals surface area contributed by atoms with Crippen LogP contribution in [0.2, 0.25) is 0 Å². The molecule has 2 nitrogen and oxygen atoms in total. The first kappa shape index (κ1) is 7.96. The lowest BCUT2D eigenvalue weighted by Gasteiger charge is -2.13. The lowest BCUT2D eigenvalue weighted by atomic mass is 10.0. The Morgan fingerprint density at radius 3 is 3.08 bits per heavy atom. The van der Waals surface area contributed by atoms with Gasteiger partial charge >= 0.3 is 0 Å². The highest BCUT2D eigenvalue weighted by Crippen LogP contribution is 2.30. The fourth-order valence-corrected chi connectivity index (χ4v) is 1.49. The molecule has 2 rings (SSSR count). The molecular formula is C11H11NO. The second-order valence-electron chi connectivity index (χ2n) is 3.00. The molecule has 0 fully saturated rings. The van der Waals surface area contributed by atoms with Gasteiger partial charge in [0.2, 0.25) is 0 Å². The molecule has 0 aliphatic carbocycles. The number of nitrogens with one attached hydrogen (secondary N) is 1. The average Bonchev–Trinajstić information content (AvgIpc) is 2.16. The monoisotopic (exact) mass is 173 g/mol. The second kappa shape index (κ2) is 3.00. The normalized spacial score (nSPS) is 13.2. The van der Waals surface area contributed by atoms with Crippen molar-refractivity contribution >= 4 is 11.3 Å². The van der Waals surface area contributed by atoms with E-state index in [1.54, 1.807) is 18.3 Å². The highest BCUT2D eigenvalue weighted by atomic mass is 16.3. The maximum Gasteiger partial charge on any atom is 0.117 e. The molecule has 2 N–H and O–H groups in total. The van der Waals surface area contributed by atoms with Crippen molar-refractivity contribution in [3.8, 4) is 5.75 Å². The van der Waals surface area contributed by atoms with Crippen molar-refractivity contribution in [1.29, 1.82) is 0 Å². The molecule has 0 bridgehead atoms. The van der Waals surface area contributed by atoms with E-state index >= 15 is 0 Å². The molecule has 0 unspecified atom stereocenters. The molecule has 0 radical (unpaired) electrons. The SMILES string of the molecule is CCC1=C=CNc2cc(O)ccc21. The smallest absolute Gasteiger partial charge is 0.117 e. The van der Waals surface area contributed by atoms with Crippen molar-refractivity contribution in [3.63, 3.8) is 0 Å². The van der Waals surface area contributed by atoms with Crippen LogP contribution >= 0.6 is 0 Å². The quantitative estimate of drug-likeness (QED) is 0.640. The Kier molecular flexibility index (Phi) is 1.84. The third kappa shape index (κ3) is 1.32. The van der Waals surface area contributed by atoms with E-state index in [1.165, 1.54) is 5.57 Å². The third-order valence-electron chi connectivity index (χ3n) is 2.16. The van der Waals surface area contributed by atoms with Crippen molar-refractivity contribution in [2.24, 2.45) is 0 Å². The summed E-state index contributed by atoms with van der Waals surface area (Å²) in [5.74, 6) is 0.289. The molecular weight excluding hydrogens is 162 g/mol. The molecule has 0 aromatic heterocycles. The number of phenolic OH excluding ortho intramolecular Hbond substituents is 1. The van der Waals surface area contributed by atoms with E-state index < -0.39 is 0 Å². The maximum atomic E-state index is 9.26. The van der Waals surface area contributed by atoms with Crippen LogP contribution in [0.25, 0.3) is 5.57 Å². The van der Waals surface area contributed by atoms with Gasteiger partial charge in [0.15, 0.2) is 0 Å². The van der Waals surface area contributed by atoms with Gasteiger partial charge in [-0.05, 0) is 18.6 Å². The summed E-state index contributed by atoms with van der Waals surface area (Å²) >= 11 is 0. The number of anilines is 1. The number of benzene rings is 1. The van der Waals surface area contributed by atoms with E-state index in [-0.39, 0.29) is 5.75 Å². The molecule has 1 aromatic rings. The van der Waals surface area contributed by atoms with Crippen molar-refractivity contribution in [1.82, 2.24) is 0 Å². The van der Waals surface area contributed by atoms with Gasteiger partial charge in [0.25, 0.3) is 0 Å². The molecule has 66 valence electrons. The van der Waals surface area contributed by atoms with Crippen LogP contribution in [0.4, 0.5) is 5.69 Å². The topological polar surface area (TPSA) is 32.3 Å². The number of fused-ring (bicyclic) bond motifs is 1. The number of allylic oxidation sites excluding steroid dienone is 1. The Morgan fingerprint density at radius 1 is 1.46 bits per heavy atom. The number of aromatic hydroxyl groups is 1. The maximum absolute atomic E-state index is 9.26. The Balaban J connectivity index is 2.57. The third-order valence-corrected chi connectivity index (χ3v) is 2.16. The zero-order valence-corrected chi connectivity index (χ0v) is 7.46. The summed E-state index contributed by atoms with van der Waals surface area (Å²) in [6, 6.07) is 5.34. The van der Waals surface area contributed by atoms with Crippen LogP contribution in [0.3, 0.4) is 0 Å². The van der Waals surface area contributed by atoms with Gasteiger partial charge in [-0.15, -0.1) is 0 Å². The van der Waals surface area contributed by atoms with Gasteiger partial charge < -0.3 is 10.4 Å². The van der Waals surface area contributed by atoms with Crippen molar-refractivity contribution in [3.05, 3.63) is 35.7 Å². The summed E-state index contributed by atoms with van der Waals surface area (Å²) in [5.41, 5.74) is 6.40. The zero-order valence-electron chi connectivity index (χ0n) is 7.46. The van der Waals surface area contributed by atoms with E-state index in [2.05, 4.69) is 18.0 Å². The van der Waals surface area contributed by atoms with Gasteiger partial charge in [-0.2, -0.15) is 0 Å². The van der Waals surface area contributed by atoms with Gasteiger partial charge in [0, 0.05) is 23.4 Å². The fourth-order valence-electron chi connectivity index (χ4n) is 1.49. The Morgan fingerprint density at radius 2 is 2.31 bits per heavy atom. The molecule has 0 saturated carbocycles. The minimum Gasteiger partial charge on any atom is -0.508 e. The summed E-state index contributed by atoms with van der Waals surface area (Å²) in [5, 5.41) is 12.3. The van der Waals surface area contributed by atoms with E-state index in [9.17, 15) is 5.11 Å². The highest BCUT2D eigenvalue weighted by molar-refractivity contribution is 5.79. The van der Waals surface area contributed by atoms with Crippen LogP contribution < -0.4 is 5.32 Å². The predicted octanol–water partition coefficient (Wildman–Crippen LogP) is 2.72. The number of rotatable bonds is 1. The number of hydrogen-bond acceptors (Lipinski definition) is 2. The summed E-state index contributed by atoms with van der Waals surface area (Å²) in [4.78, 5) is 0. The minimum absolute atomic E-state index is 0.289. The van der Waals surface area contributed by atoms with Crippen LogP contribution in [0.15, 0.2) is 30.1 Å². The first-order chi connectivity index (χ1) is 6.31. The molecule has 0 atom stereocenters. The summed E-state index contributed by atoms with van der Waals surface area (Å²) < 4.78 is 0. The Hall–Kier alpha value is -1.66. The molecule has 13 heavy (non-hydrogen) atoms. The van der Waals surface area contributed by atoms with E-state index in [0.717, 1.165) is 17.7 Å². The van der Waals surface area contributed by atoms with Crippen LogP contribution in [0, 0.1) is 0 Å². The number of hydrogen-bond donors (Lipinski definition) is 2. The lowest BCUT2D eigenvalue weighted by molar-refractivity contribution is 0.475. The minimum atomic E-state index is 0.289. The first-order valence-corrected chi connectivity index (χ1v) is 4.35. The molecule has 1 aliphatic rings. The van der Waals surface area contributed by atoms with Gasteiger partial charge in [0.1, 0.15) is 5.75 Å². The largest absolute Gasteiger partial charge is 0.508 e. The van der Waals surface area contributed by atoms with E-state index in [4.69, 9.17) is 0 Å². The van der Waals surface area contributed by atoms with Crippen LogP contribution in [-0.2, 0) is 0 Å². The molecule has 1 aliphatic heterocycles. The summed E-state index contributed by atoms with van der Waals surface area (Å²) in [6.45, 7) is 2.10. The van der Waals surface area contributed by atoms with Gasteiger partial charge in [-0.1, -0.05) is 12.7 Å². The molecule has 0 spiro atoms. The predicted molar refractivity (Wildman–Crippen MR) is 53.5 cm³/mol. The van der Waals surface area contributed by atoms with Crippen molar-refractivity contribution in [2.75, 3.05) is 5.32 Å². The van der Waals surface area contributed by atoms with Gasteiger partial charge in [-0.3, -0.25) is 0 Å². The molecule has 2 heteroatoms. The van der Waals surface area contributed by atoms with E-state index in [1.807, 2.05) is 6.07 Å². The molecule has 0 amide bonds. The molecule has 1 heterocycles. The number of phenols is 1. The molecule has 0 saturated heterocycles. The van der Waals surface area contributed by atoms with Crippen molar-refractivity contribution in [2.45, 2.75) is 13.3 Å². The van der Waals surface area contributed by atoms with Crippen LogP contribution in [0.5, 0.6) is 5.75 Å². The molecule has 1 aromatic carbocycles. The second-order valence-corrected chi connectivity index (χ2v) is 3.00. The van der Waals surface area contributed by atoms with Crippen LogP contribution in [-0.4, -0.2) is 5.11 Å². The summed E-state index contributed by atoms with van der Waals surface area (Å²) in [7, 11) is 0. The van der Waals surface area contributed by atoms with Gasteiger partial charge in [-0.25, -0.2) is 0 Å². The van der Waals surface area contributed by atoms with Crippen molar-refractivity contribution < 1.29 is 5.11 Å². The Labute approximate surface area is 77.2 Å². The fraction of sp³-hybridized carbons (Fsp3) is 0.182. The lowest BCUT2D eigenvalue weighted by Crippen LogP contribution is -1.97. The van der Waals surface area contributed by atoms with Crippen LogP contribution in [0.1, 0.15) is 18.9 Å². The standard InChI is InChI=1S/C11H11NO/c1-2-8-5-6-12-11-7-9(13)3-4-10(8)11/h3-4,6-7,12-13H,2H2,1H3.